The lowest BCUT2D eigenvalue weighted by Gasteiger charge is -2.31. The van der Waals surface area contributed by atoms with Crippen LogP contribution in [0.5, 0.6) is 0 Å². The van der Waals surface area contributed by atoms with Gasteiger partial charge in [0.2, 0.25) is 0 Å². The Morgan fingerprint density at radius 1 is 1.16 bits per heavy atom. The topological polar surface area (TPSA) is 28.2 Å². The van der Waals surface area contributed by atoms with Crippen LogP contribution in [0.1, 0.15) is 38.5 Å². The van der Waals surface area contributed by atoms with Crippen LogP contribution in [0.3, 0.4) is 0 Å². The Balaban J connectivity index is 1.67. The summed E-state index contributed by atoms with van der Waals surface area (Å²) in [5, 5.41) is 3.74. The van der Waals surface area contributed by atoms with Gasteiger partial charge in [0.1, 0.15) is 0 Å². The average molecular weight is 259 g/mol. The minimum absolute atomic E-state index is 0.641. The van der Waals surface area contributed by atoms with Gasteiger partial charge in [-0.2, -0.15) is 0 Å². The van der Waals surface area contributed by atoms with Gasteiger partial charge in [0.25, 0.3) is 0 Å². The highest BCUT2D eigenvalue weighted by atomic mass is 15.2. The predicted octanol–water partition coefficient (Wildman–Crippen LogP) is 3.53. The van der Waals surface area contributed by atoms with Gasteiger partial charge in [-0.15, -0.1) is 0 Å². The number of hydrogen-bond acceptors (Lipinski definition) is 3. The smallest absolute Gasteiger partial charge is 0.151 e. The maximum atomic E-state index is 4.47. The standard InChI is InChI=1S/C16H25N3/c1-19(2)16-15(7-4-10-17-16)18-14-6-3-5-13(11-14)12-8-9-12/h4,7,10,12-14,18H,3,5-6,8-9,11H2,1-2H3. The number of anilines is 2. The second-order valence-corrected chi connectivity index (χ2v) is 6.37. The van der Waals surface area contributed by atoms with E-state index in [4.69, 9.17) is 0 Å². The fourth-order valence-corrected chi connectivity index (χ4v) is 3.44. The second-order valence-electron chi connectivity index (χ2n) is 6.37. The van der Waals surface area contributed by atoms with E-state index in [1.807, 2.05) is 12.3 Å². The van der Waals surface area contributed by atoms with E-state index < -0.39 is 0 Å². The molecule has 2 aliphatic rings. The van der Waals surface area contributed by atoms with Crippen LogP contribution >= 0.6 is 0 Å². The van der Waals surface area contributed by atoms with Crippen molar-refractivity contribution in [2.75, 3.05) is 24.3 Å². The number of pyridine rings is 1. The Hall–Kier alpha value is -1.25. The number of hydrogen-bond donors (Lipinski definition) is 1. The largest absolute Gasteiger partial charge is 0.379 e. The van der Waals surface area contributed by atoms with Gasteiger partial charge in [-0.05, 0) is 49.7 Å². The summed E-state index contributed by atoms with van der Waals surface area (Å²) in [6.07, 6.45) is 10.3. The molecule has 1 heterocycles. The molecule has 1 N–H and O–H groups in total. The highest BCUT2D eigenvalue weighted by Crippen LogP contribution is 2.44. The highest BCUT2D eigenvalue weighted by Gasteiger charge is 2.34. The Morgan fingerprint density at radius 2 is 2.00 bits per heavy atom. The molecule has 0 bridgehead atoms. The van der Waals surface area contributed by atoms with Crippen LogP contribution in [0.4, 0.5) is 11.5 Å². The molecular formula is C16H25N3. The molecule has 0 saturated heterocycles. The summed E-state index contributed by atoms with van der Waals surface area (Å²) < 4.78 is 0. The highest BCUT2D eigenvalue weighted by molar-refractivity contribution is 5.65. The third-order valence-corrected chi connectivity index (χ3v) is 4.57. The minimum Gasteiger partial charge on any atom is -0.379 e. The van der Waals surface area contributed by atoms with Gasteiger partial charge < -0.3 is 10.2 Å². The van der Waals surface area contributed by atoms with Crippen molar-refractivity contribution in [1.82, 2.24) is 4.98 Å². The molecule has 0 aliphatic heterocycles. The first kappa shape index (κ1) is 12.8. The predicted molar refractivity (Wildman–Crippen MR) is 80.7 cm³/mol. The van der Waals surface area contributed by atoms with E-state index >= 15 is 0 Å². The zero-order chi connectivity index (χ0) is 13.2. The summed E-state index contributed by atoms with van der Waals surface area (Å²) in [7, 11) is 4.11. The van der Waals surface area contributed by atoms with E-state index in [-0.39, 0.29) is 0 Å². The molecule has 2 atom stereocenters. The van der Waals surface area contributed by atoms with Crippen LogP contribution < -0.4 is 10.2 Å². The molecule has 2 saturated carbocycles. The number of rotatable bonds is 4. The fraction of sp³-hybridized carbons (Fsp3) is 0.688. The van der Waals surface area contributed by atoms with Crippen molar-refractivity contribution in [3.63, 3.8) is 0 Å². The SMILES string of the molecule is CN(C)c1ncccc1NC1CCCC(C2CC2)C1. The lowest BCUT2D eigenvalue weighted by molar-refractivity contribution is 0.303. The van der Waals surface area contributed by atoms with Crippen molar-refractivity contribution in [1.29, 1.82) is 0 Å². The van der Waals surface area contributed by atoms with Crippen LogP contribution in [0.2, 0.25) is 0 Å². The van der Waals surface area contributed by atoms with E-state index in [0.717, 1.165) is 17.7 Å². The molecular weight excluding hydrogens is 234 g/mol. The molecule has 3 rings (SSSR count). The molecule has 2 aliphatic carbocycles. The van der Waals surface area contributed by atoms with Gasteiger partial charge >= 0.3 is 0 Å². The van der Waals surface area contributed by atoms with Crippen molar-refractivity contribution >= 4 is 11.5 Å². The van der Waals surface area contributed by atoms with Crippen molar-refractivity contribution < 1.29 is 0 Å². The van der Waals surface area contributed by atoms with Gasteiger partial charge in [0, 0.05) is 26.3 Å². The summed E-state index contributed by atoms with van der Waals surface area (Å²) in [6, 6.07) is 4.82. The van der Waals surface area contributed by atoms with E-state index in [9.17, 15) is 0 Å². The minimum atomic E-state index is 0.641. The third kappa shape index (κ3) is 3.02. The lowest BCUT2D eigenvalue weighted by Crippen LogP contribution is -2.29. The number of nitrogens with zero attached hydrogens (tertiary/aromatic N) is 2. The van der Waals surface area contributed by atoms with Crippen LogP contribution in [0, 0.1) is 11.8 Å². The van der Waals surface area contributed by atoms with Crippen molar-refractivity contribution in [2.24, 2.45) is 11.8 Å². The van der Waals surface area contributed by atoms with E-state index in [2.05, 4.69) is 35.4 Å². The number of aromatic nitrogens is 1. The molecule has 3 nitrogen and oxygen atoms in total. The molecule has 1 aromatic heterocycles. The Bertz CT molecular complexity index is 426. The average Bonchev–Trinajstić information content (AvgIpc) is 3.24. The zero-order valence-corrected chi connectivity index (χ0v) is 12.1. The summed E-state index contributed by atoms with van der Waals surface area (Å²) in [5.41, 5.74) is 1.19. The van der Waals surface area contributed by atoms with Gasteiger partial charge in [0.05, 0.1) is 5.69 Å². The quantitative estimate of drug-likeness (QED) is 0.896. The summed E-state index contributed by atoms with van der Waals surface area (Å²) in [4.78, 5) is 6.56. The van der Waals surface area contributed by atoms with Crippen LogP contribution in [-0.2, 0) is 0 Å². The summed E-state index contributed by atoms with van der Waals surface area (Å²) in [5.74, 6) is 3.08. The Labute approximate surface area is 116 Å². The molecule has 0 spiro atoms. The summed E-state index contributed by atoms with van der Waals surface area (Å²) >= 11 is 0. The van der Waals surface area contributed by atoms with Crippen LogP contribution in [0.25, 0.3) is 0 Å². The van der Waals surface area contributed by atoms with Crippen molar-refractivity contribution in [2.45, 2.75) is 44.6 Å². The maximum absolute atomic E-state index is 4.47. The van der Waals surface area contributed by atoms with Gasteiger partial charge in [0.15, 0.2) is 5.82 Å². The molecule has 2 fully saturated rings. The lowest BCUT2D eigenvalue weighted by atomic mass is 9.82. The van der Waals surface area contributed by atoms with Crippen molar-refractivity contribution in [3.05, 3.63) is 18.3 Å². The molecule has 2 unspecified atom stereocenters. The molecule has 0 aromatic carbocycles. The van der Waals surface area contributed by atoms with Crippen LogP contribution in [-0.4, -0.2) is 25.1 Å². The zero-order valence-electron chi connectivity index (χ0n) is 12.1. The van der Waals surface area contributed by atoms with E-state index in [0.29, 0.717) is 6.04 Å². The Kier molecular flexibility index (Phi) is 3.63. The first-order chi connectivity index (χ1) is 9.24. The monoisotopic (exact) mass is 259 g/mol. The maximum Gasteiger partial charge on any atom is 0.151 e. The fourth-order valence-electron chi connectivity index (χ4n) is 3.44. The van der Waals surface area contributed by atoms with Crippen molar-refractivity contribution in [3.8, 4) is 0 Å². The molecule has 0 amide bonds. The third-order valence-electron chi connectivity index (χ3n) is 4.57. The normalized spacial score (nSPS) is 27.1. The van der Waals surface area contributed by atoms with E-state index in [1.54, 1.807) is 0 Å². The first-order valence-corrected chi connectivity index (χ1v) is 7.63. The van der Waals surface area contributed by atoms with E-state index in [1.165, 1.54) is 44.2 Å². The molecule has 104 valence electrons. The molecule has 0 radical (unpaired) electrons. The number of nitrogens with one attached hydrogen (secondary N) is 1. The first-order valence-electron chi connectivity index (χ1n) is 7.63. The van der Waals surface area contributed by atoms with Crippen LogP contribution in [0.15, 0.2) is 18.3 Å². The molecule has 1 aromatic rings. The Morgan fingerprint density at radius 3 is 2.74 bits per heavy atom. The van der Waals surface area contributed by atoms with Gasteiger partial charge in [-0.3, -0.25) is 0 Å². The molecule has 19 heavy (non-hydrogen) atoms. The second kappa shape index (κ2) is 5.40. The molecule has 3 heteroatoms. The van der Waals surface area contributed by atoms with Gasteiger partial charge in [-0.25, -0.2) is 4.98 Å². The summed E-state index contributed by atoms with van der Waals surface area (Å²) in [6.45, 7) is 0. The van der Waals surface area contributed by atoms with Gasteiger partial charge in [-0.1, -0.05) is 12.8 Å².